The molecule has 6 fully saturated rings. The molecule has 41 heavy (non-hydrogen) atoms. The lowest BCUT2D eigenvalue weighted by Crippen LogP contribution is -2.43. The first-order valence-electron chi connectivity index (χ1n) is 14.8. The smallest absolute Gasteiger partial charge is 0.306 e. The van der Waals surface area contributed by atoms with Gasteiger partial charge in [0.1, 0.15) is 0 Å². The highest BCUT2D eigenvalue weighted by Crippen LogP contribution is 2.56. The van der Waals surface area contributed by atoms with Crippen LogP contribution in [0.25, 0.3) is 0 Å². The molecule has 2 aromatic carbocycles. The second kappa shape index (κ2) is 10.6. The molecule has 2 heterocycles. The Morgan fingerprint density at radius 1 is 0.732 bits per heavy atom. The number of carbonyl (C=O) groups is 4. The topological polar surface area (TPSA) is 151 Å². The van der Waals surface area contributed by atoms with E-state index in [9.17, 15) is 19.2 Å². The third-order valence-corrected chi connectivity index (χ3v) is 9.47. The summed E-state index contributed by atoms with van der Waals surface area (Å²) in [4.78, 5) is 45.9. The lowest BCUT2D eigenvalue weighted by atomic mass is 9.91. The molecular weight excluding hydrogens is 520 g/mol. The Morgan fingerprint density at radius 2 is 1.20 bits per heavy atom. The summed E-state index contributed by atoms with van der Waals surface area (Å²) in [5.41, 5.74) is 7.77. The first kappa shape index (κ1) is 27.4. The number of hydrogen-bond donors (Lipinski definition) is 5. The minimum absolute atomic E-state index is 0.00111. The minimum atomic E-state index is -0.630. The number of carbonyl (C=O) groups excluding carboxylic acids is 3. The maximum atomic E-state index is 12.3. The summed E-state index contributed by atoms with van der Waals surface area (Å²) in [6, 6.07) is 19.7. The molecule has 4 atom stereocenters. The van der Waals surface area contributed by atoms with Crippen LogP contribution >= 0.6 is 0 Å². The van der Waals surface area contributed by atoms with E-state index in [1.54, 1.807) is 0 Å². The summed E-state index contributed by atoms with van der Waals surface area (Å²) >= 11 is 0. The van der Waals surface area contributed by atoms with Crippen LogP contribution in [-0.2, 0) is 19.2 Å². The Labute approximate surface area is 239 Å². The standard InChI is InChI=1S/C16H18N2O2.C12H14N2O.C4H6O2/c19-14(11-6-7-11)18-13-12(10-4-2-1-3-5-10)17-15(20)16(13)8-9-16;13-10-9(8-4-2-1-3-5-8)14-11(15)12(10)6-7-12;5-4(6)3-1-2-3/h1-5,11-13H,6-9H2,(H,17,20)(H,18,19);1-5,9-10H,6-7,13H2,(H,14,15);3H,1-2H2,(H,5,6)/t12-,13-;9-,10-;/m11./s1. The van der Waals surface area contributed by atoms with Gasteiger partial charge in [0.25, 0.3) is 0 Å². The molecule has 6 N–H and O–H groups in total. The van der Waals surface area contributed by atoms with Crippen LogP contribution in [0.3, 0.4) is 0 Å². The monoisotopic (exact) mass is 558 g/mol. The van der Waals surface area contributed by atoms with Gasteiger partial charge in [-0.15, -0.1) is 0 Å². The van der Waals surface area contributed by atoms with Crippen LogP contribution in [-0.4, -0.2) is 40.9 Å². The average Bonchev–Trinajstić information content (AvgIpc) is 3.84. The zero-order valence-corrected chi connectivity index (χ0v) is 23.1. The van der Waals surface area contributed by atoms with Crippen molar-refractivity contribution in [1.29, 1.82) is 0 Å². The molecule has 2 spiro atoms. The molecule has 0 bridgehead atoms. The molecule has 2 aliphatic heterocycles. The average molecular weight is 559 g/mol. The Bertz CT molecular complexity index is 1320. The van der Waals surface area contributed by atoms with Crippen molar-refractivity contribution in [2.45, 2.75) is 75.5 Å². The van der Waals surface area contributed by atoms with Crippen molar-refractivity contribution in [3.05, 3.63) is 71.8 Å². The highest BCUT2D eigenvalue weighted by molar-refractivity contribution is 5.91. The molecule has 4 saturated carbocycles. The van der Waals surface area contributed by atoms with E-state index in [0.29, 0.717) is 0 Å². The number of nitrogens with two attached hydrogens (primary N) is 1. The van der Waals surface area contributed by atoms with Gasteiger partial charge < -0.3 is 26.8 Å². The third kappa shape index (κ3) is 5.47. The van der Waals surface area contributed by atoms with E-state index >= 15 is 0 Å². The van der Waals surface area contributed by atoms with Gasteiger partial charge in [0.15, 0.2) is 0 Å². The summed E-state index contributed by atoms with van der Waals surface area (Å²) in [6.07, 6.45) is 7.44. The summed E-state index contributed by atoms with van der Waals surface area (Å²) in [5.74, 6) is -0.0621. The predicted molar refractivity (Wildman–Crippen MR) is 151 cm³/mol. The third-order valence-electron chi connectivity index (χ3n) is 9.47. The maximum absolute atomic E-state index is 12.3. The number of carboxylic acid groups (broad SMARTS) is 1. The van der Waals surface area contributed by atoms with Crippen LogP contribution in [0.5, 0.6) is 0 Å². The Hall–Kier alpha value is -3.72. The van der Waals surface area contributed by atoms with E-state index in [4.69, 9.17) is 10.8 Å². The molecule has 9 nitrogen and oxygen atoms in total. The number of hydrogen-bond acceptors (Lipinski definition) is 5. The van der Waals surface area contributed by atoms with E-state index in [-0.39, 0.29) is 64.6 Å². The second-order valence-electron chi connectivity index (χ2n) is 12.4. The number of amides is 3. The lowest BCUT2D eigenvalue weighted by Gasteiger charge is -2.24. The number of rotatable bonds is 5. The molecule has 2 aromatic rings. The van der Waals surface area contributed by atoms with Crippen LogP contribution in [0.2, 0.25) is 0 Å². The van der Waals surface area contributed by atoms with Crippen molar-refractivity contribution < 1.29 is 24.3 Å². The highest BCUT2D eigenvalue weighted by Gasteiger charge is 2.64. The molecule has 0 unspecified atom stereocenters. The molecular formula is C32H38N4O5. The van der Waals surface area contributed by atoms with Gasteiger partial charge in [-0.25, -0.2) is 0 Å². The summed E-state index contributed by atoms with van der Waals surface area (Å²) in [7, 11) is 0. The largest absolute Gasteiger partial charge is 0.481 e. The minimum Gasteiger partial charge on any atom is -0.481 e. The molecule has 3 amide bonds. The van der Waals surface area contributed by atoms with Gasteiger partial charge in [0.05, 0.1) is 34.9 Å². The quantitative estimate of drug-likeness (QED) is 0.381. The number of benzene rings is 2. The molecule has 2 saturated heterocycles. The van der Waals surface area contributed by atoms with Gasteiger partial charge in [-0.3, -0.25) is 19.2 Å². The number of carboxylic acids is 1. The zero-order valence-electron chi connectivity index (χ0n) is 23.1. The Morgan fingerprint density at radius 3 is 1.61 bits per heavy atom. The molecule has 4 aliphatic carbocycles. The fraction of sp³-hybridized carbons (Fsp3) is 0.500. The van der Waals surface area contributed by atoms with E-state index in [1.165, 1.54) is 0 Å². The van der Waals surface area contributed by atoms with Crippen LogP contribution in [0.1, 0.15) is 74.6 Å². The summed E-state index contributed by atoms with van der Waals surface area (Å²) < 4.78 is 0. The number of aliphatic carboxylic acids is 1. The van der Waals surface area contributed by atoms with Crippen molar-refractivity contribution in [3.63, 3.8) is 0 Å². The van der Waals surface area contributed by atoms with Crippen molar-refractivity contribution in [2.75, 3.05) is 0 Å². The zero-order chi connectivity index (χ0) is 28.8. The van der Waals surface area contributed by atoms with Crippen LogP contribution in [0, 0.1) is 22.7 Å². The summed E-state index contributed by atoms with van der Waals surface area (Å²) in [5, 5.41) is 17.3. The maximum Gasteiger partial charge on any atom is 0.306 e. The van der Waals surface area contributed by atoms with E-state index < -0.39 is 5.97 Å². The fourth-order valence-electron chi connectivity index (χ4n) is 6.10. The molecule has 8 rings (SSSR count). The van der Waals surface area contributed by atoms with E-state index in [1.807, 2.05) is 60.7 Å². The van der Waals surface area contributed by atoms with Crippen LogP contribution < -0.4 is 21.7 Å². The van der Waals surface area contributed by atoms with Gasteiger partial charge in [0, 0.05) is 12.0 Å². The lowest BCUT2D eigenvalue weighted by molar-refractivity contribution is -0.138. The molecule has 216 valence electrons. The second-order valence-corrected chi connectivity index (χ2v) is 12.4. The molecule has 0 aromatic heterocycles. The van der Waals surface area contributed by atoms with Gasteiger partial charge in [-0.1, -0.05) is 60.7 Å². The van der Waals surface area contributed by atoms with Crippen LogP contribution in [0.4, 0.5) is 0 Å². The van der Waals surface area contributed by atoms with Gasteiger partial charge in [-0.2, -0.15) is 0 Å². The first-order chi connectivity index (χ1) is 19.7. The van der Waals surface area contributed by atoms with Crippen molar-refractivity contribution in [1.82, 2.24) is 16.0 Å². The van der Waals surface area contributed by atoms with E-state index in [0.717, 1.165) is 62.5 Å². The van der Waals surface area contributed by atoms with Crippen LogP contribution in [0.15, 0.2) is 60.7 Å². The van der Waals surface area contributed by atoms with Crippen molar-refractivity contribution >= 4 is 23.7 Å². The summed E-state index contributed by atoms with van der Waals surface area (Å²) in [6.45, 7) is 0. The molecule has 6 aliphatic rings. The number of nitrogens with one attached hydrogen (secondary N) is 3. The van der Waals surface area contributed by atoms with Crippen molar-refractivity contribution in [2.24, 2.45) is 28.4 Å². The van der Waals surface area contributed by atoms with E-state index in [2.05, 4.69) is 16.0 Å². The van der Waals surface area contributed by atoms with Crippen molar-refractivity contribution in [3.8, 4) is 0 Å². The fourth-order valence-corrected chi connectivity index (χ4v) is 6.10. The predicted octanol–water partition coefficient (Wildman–Crippen LogP) is 2.98. The SMILES string of the molecule is N[C@@H]1[C@@H](c2ccccc2)NC(=O)C12CC2.O=C(N[C@@H]1[C@@H](c2ccccc2)NC(=O)C12CC2)C1CC1.O=C(O)C1CC1. The first-order valence-corrected chi connectivity index (χ1v) is 14.8. The molecule has 9 heteroatoms. The normalized spacial score (nSPS) is 29.3. The molecule has 0 radical (unpaired) electrons. The van der Waals surface area contributed by atoms with Gasteiger partial charge in [-0.05, 0) is 62.5 Å². The van der Waals surface area contributed by atoms with Gasteiger partial charge >= 0.3 is 5.97 Å². The van der Waals surface area contributed by atoms with Gasteiger partial charge in [0.2, 0.25) is 17.7 Å². The Balaban J connectivity index is 0.000000126. The Kier molecular flexibility index (Phi) is 7.09. The highest BCUT2D eigenvalue weighted by atomic mass is 16.4.